The molecule has 13 heavy (non-hydrogen) atoms. The average Bonchev–Trinajstić information content (AvgIpc) is 2.53. The fourth-order valence-electron chi connectivity index (χ4n) is 1.35. The molecule has 0 amide bonds. The molecule has 1 saturated heterocycles. The van der Waals surface area contributed by atoms with E-state index in [4.69, 9.17) is 0 Å². The van der Waals surface area contributed by atoms with Gasteiger partial charge in [-0.25, -0.2) is 10.9 Å². The van der Waals surface area contributed by atoms with E-state index >= 15 is 0 Å². The summed E-state index contributed by atoms with van der Waals surface area (Å²) in [5.41, 5.74) is 8.40. The highest BCUT2D eigenvalue weighted by Gasteiger charge is 2.20. The maximum atomic E-state index is 4.33. The van der Waals surface area contributed by atoms with Crippen LogP contribution in [-0.4, -0.2) is 11.1 Å². The number of hydrazine groups is 1. The molecule has 0 bridgehead atoms. The number of aromatic nitrogens is 1. The number of rotatable bonds is 1. The first-order valence-electron chi connectivity index (χ1n) is 4.45. The first-order chi connectivity index (χ1) is 6.25. The predicted octanol–water partition coefficient (Wildman–Crippen LogP) is 0.432. The van der Waals surface area contributed by atoms with Crippen LogP contribution < -0.4 is 16.2 Å². The zero-order chi connectivity index (χ0) is 9.26. The van der Waals surface area contributed by atoms with Crippen LogP contribution in [0, 0.1) is 6.92 Å². The minimum Gasteiger partial charge on any atom is -0.280 e. The van der Waals surface area contributed by atoms with Crippen LogP contribution in [-0.2, 0) is 0 Å². The van der Waals surface area contributed by atoms with Crippen molar-refractivity contribution in [3.05, 3.63) is 29.6 Å². The Hall–Kier alpha value is -0.970. The Morgan fingerprint density at radius 2 is 2.15 bits per heavy atom. The van der Waals surface area contributed by atoms with Crippen molar-refractivity contribution >= 4 is 0 Å². The molecule has 70 valence electrons. The highest BCUT2D eigenvalue weighted by molar-refractivity contribution is 5.15. The molecule has 0 aliphatic carbocycles. The van der Waals surface area contributed by atoms with Crippen LogP contribution in [0.3, 0.4) is 0 Å². The van der Waals surface area contributed by atoms with Gasteiger partial charge in [0.2, 0.25) is 0 Å². The lowest BCUT2D eigenvalue weighted by atomic mass is 10.2. The van der Waals surface area contributed by atoms with E-state index in [1.54, 1.807) is 0 Å². The third-order valence-corrected chi connectivity index (χ3v) is 2.09. The second-order valence-corrected chi connectivity index (χ2v) is 3.37. The van der Waals surface area contributed by atoms with Crippen LogP contribution in [0.1, 0.15) is 24.3 Å². The third-order valence-electron chi connectivity index (χ3n) is 2.09. The fourth-order valence-corrected chi connectivity index (χ4v) is 1.35. The predicted molar refractivity (Wildman–Crippen MR) is 50.6 cm³/mol. The summed E-state index contributed by atoms with van der Waals surface area (Å²) in [6, 6.07) is 4.09. The van der Waals surface area contributed by atoms with E-state index < -0.39 is 0 Å². The van der Waals surface area contributed by atoms with Gasteiger partial charge >= 0.3 is 0 Å². The summed E-state index contributed by atoms with van der Waals surface area (Å²) >= 11 is 0. The van der Waals surface area contributed by atoms with Gasteiger partial charge in [-0.2, -0.15) is 0 Å². The maximum Gasteiger partial charge on any atom is 0.115 e. The lowest BCUT2D eigenvalue weighted by Gasteiger charge is -2.09. The molecule has 0 saturated carbocycles. The van der Waals surface area contributed by atoms with Gasteiger partial charge in [0.15, 0.2) is 0 Å². The van der Waals surface area contributed by atoms with E-state index in [1.807, 2.05) is 19.2 Å². The average molecular weight is 178 g/mol. The molecule has 1 aromatic heterocycles. The van der Waals surface area contributed by atoms with E-state index in [0.717, 1.165) is 5.69 Å². The standard InChI is InChI=1S/C9H14N4/c1-6-3-4-8(10-5-6)9-11-7(2)12-13-9/h3-5,7,9,11-13H,1-2H3/t7-,9?/m0/s1. The zero-order valence-corrected chi connectivity index (χ0v) is 7.83. The molecular weight excluding hydrogens is 164 g/mol. The molecule has 1 aliphatic heterocycles. The largest absolute Gasteiger partial charge is 0.280 e. The van der Waals surface area contributed by atoms with Crippen molar-refractivity contribution in [1.29, 1.82) is 0 Å². The first-order valence-corrected chi connectivity index (χ1v) is 4.45. The Kier molecular flexibility index (Phi) is 2.26. The Morgan fingerprint density at radius 3 is 2.69 bits per heavy atom. The smallest absolute Gasteiger partial charge is 0.115 e. The second-order valence-electron chi connectivity index (χ2n) is 3.37. The number of nitrogens with zero attached hydrogens (tertiary/aromatic N) is 1. The van der Waals surface area contributed by atoms with E-state index in [-0.39, 0.29) is 12.3 Å². The number of hydrogen-bond acceptors (Lipinski definition) is 4. The van der Waals surface area contributed by atoms with Gasteiger partial charge in [0.25, 0.3) is 0 Å². The quantitative estimate of drug-likeness (QED) is 0.584. The Balaban J connectivity index is 2.13. The number of pyridine rings is 1. The van der Waals surface area contributed by atoms with Crippen molar-refractivity contribution in [2.75, 3.05) is 0 Å². The molecule has 0 radical (unpaired) electrons. The zero-order valence-electron chi connectivity index (χ0n) is 7.83. The lowest BCUT2D eigenvalue weighted by Crippen LogP contribution is -2.30. The Morgan fingerprint density at radius 1 is 1.31 bits per heavy atom. The SMILES string of the molecule is Cc1ccc(C2NN[C@@H](C)N2)nc1. The van der Waals surface area contributed by atoms with E-state index in [1.165, 1.54) is 5.56 Å². The van der Waals surface area contributed by atoms with Crippen LogP contribution in [0.4, 0.5) is 0 Å². The van der Waals surface area contributed by atoms with Gasteiger partial charge in [0.1, 0.15) is 6.17 Å². The Labute approximate surface area is 77.7 Å². The summed E-state index contributed by atoms with van der Waals surface area (Å²) in [7, 11) is 0. The normalized spacial score (nSPS) is 27.8. The van der Waals surface area contributed by atoms with Gasteiger partial charge in [-0.3, -0.25) is 10.3 Å². The fraction of sp³-hybridized carbons (Fsp3) is 0.444. The third kappa shape index (κ3) is 1.85. The van der Waals surface area contributed by atoms with Gasteiger partial charge in [0.05, 0.1) is 11.9 Å². The lowest BCUT2D eigenvalue weighted by molar-refractivity contribution is 0.540. The molecule has 1 unspecified atom stereocenters. The molecule has 0 aromatic carbocycles. The Bertz CT molecular complexity index is 282. The van der Waals surface area contributed by atoms with Crippen LogP contribution >= 0.6 is 0 Å². The van der Waals surface area contributed by atoms with Crippen molar-refractivity contribution in [3.63, 3.8) is 0 Å². The van der Waals surface area contributed by atoms with Crippen LogP contribution in [0.2, 0.25) is 0 Å². The van der Waals surface area contributed by atoms with Crippen molar-refractivity contribution in [3.8, 4) is 0 Å². The topological polar surface area (TPSA) is 49.0 Å². The van der Waals surface area contributed by atoms with Crippen molar-refractivity contribution < 1.29 is 0 Å². The van der Waals surface area contributed by atoms with Gasteiger partial charge in [-0.05, 0) is 25.5 Å². The molecule has 3 N–H and O–H groups in total. The molecule has 1 aromatic rings. The minimum absolute atomic E-state index is 0.121. The van der Waals surface area contributed by atoms with Crippen molar-refractivity contribution in [2.24, 2.45) is 0 Å². The summed E-state index contributed by atoms with van der Waals surface area (Å²) < 4.78 is 0. The molecule has 1 fully saturated rings. The second kappa shape index (κ2) is 3.41. The van der Waals surface area contributed by atoms with Crippen LogP contribution in [0.15, 0.2) is 18.3 Å². The number of hydrogen-bond donors (Lipinski definition) is 3. The highest BCUT2D eigenvalue weighted by Crippen LogP contribution is 2.10. The first kappa shape index (κ1) is 8.62. The molecule has 1 aliphatic rings. The molecular formula is C9H14N4. The van der Waals surface area contributed by atoms with E-state index in [0.29, 0.717) is 0 Å². The van der Waals surface area contributed by atoms with Crippen molar-refractivity contribution in [2.45, 2.75) is 26.2 Å². The summed E-state index contributed by atoms with van der Waals surface area (Å²) in [5.74, 6) is 0. The summed E-state index contributed by atoms with van der Waals surface area (Å²) in [6.45, 7) is 4.09. The minimum atomic E-state index is 0.121. The summed E-state index contributed by atoms with van der Waals surface area (Å²) in [6.07, 6.45) is 2.28. The summed E-state index contributed by atoms with van der Waals surface area (Å²) in [5, 5.41) is 3.30. The maximum absolute atomic E-state index is 4.33. The van der Waals surface area contributed by atoms with Crippen LogP contribution in [0.5, 0.6) is 0 Å². The highest BCUT2D eigenvalue weighted by atomic mass is 15.5. The van der Waals surface area contributed by atoms with E-state index in [9.17, 15) is 0 Å². The number of aryl methyl sites for hydroxylation is 1. The van der Waals surface area contributed by atoms with Gasteiger partial charge in [-0.15, -0.1) is 0 Å². The molecule has 4 heteroatoms. The van der Waals surface area contributed by atoms with Crippen molar-refractivity contribution in [1.82, 2.24) is 21.2 Å². The van der Waals surface area contributed by atoms with Gasteiger partial charge in [0, 0.05) is 6.20 Å². The van der Waals surface area contributed by atoms with E-state index in [2.05, 4.69) is 34.1 Å². The monoisotopic (exact) mass is 178 g/mol. The van der Waals surface area contributed by atoms with Crippen LogP contribution in [0.25, 0.3) is 0 Å². The molecule has 2 heterocycles. The van der Waals surface area contributed by atoms with Gasteiger partial charge in [-0.1, -0.05) is 6.07 Å². The van der Waals surface area contributed by atoms with Gasteiger partial charge < -0.3 is 0 Å². The molecule has 4 nitrogen and oxygen atoms in total. The molecule has 2 rings (SSSR count). The molecule has 2 atom stereocenters. The molecule has 0 spiro atoms. The number of nitrogens with one attached hydrogen (secondary N) is 3. The summed E-state index contributed by atoms with van der Waals surface area (Å²) in [4.78, 5) is 4.33.